The maximum absolute atomic E-state index is 4.75. The molecule has 0 aliphatic carbocycles. The molecule has 0 atom stereocenters. The molecular weight excluding hydrogens is 394 g/mol. The fourth-order valence-electron chi connectivity index (χ4n) is 3.06. The number of pyridine rings is 2. The number of anilines is 4. The van der Waals surface area contributed by atoms with Crippen molar-refractivity contribution in [2.75, 3.05) is 17.2 Å². The Morgan fingerprint density at radius 3 is 2.57 bits per heavy atom. The first kappa shape index (κ1) is 20.3. The van der Waals surface area contributed by atoms with Crippen molar-refractivity contribution >= 4 is 44.1 Å². The summed E-state index contributed by atoms with van der Waals surface area (Å²) in [6.45, 7) is 8.37. The number of hydrogen-bond acceptors (Lipinski definition) is 7. The number of thiazole rings is 1. The largest absolute Gasteiger partial charge is 0.355 e. The maximum Gasteiger partial charge on any atom is 0.190 e. The topological polar surface area (TPSA) is 79.7 Å². The molecule has 4 aromatic heterocycles. The zero-order valence-corrected chi connectivity index (χ0v) is 18.5. The normalized spacial score (nSPS) is 11.7. The number of hydrogen-bond donors (Lipinski definition) is 3. The van der Waals surface area contributed by atoms with Gasteiger partial charge in [-0.05, 0) is 41.3 Å². The van der Waals surface area contributed by atoms with E-state index in [4.69, 9.17) is 4.98 Å². The van der Waals surface area contributed by atoms with Gasteiger partial charge in [0.05, 0.1) is 5.69 Å². The van der Waals surface area contributed by atoms with E-state index >= 15 is 0 Å². The van der Waals surface area contributed by atoms with Crippen molar-refractivity contribution in [1.82, 2.24) is 24.8 Å². The lowest BCUT2D eigenvalue weighted by Crippen LogP contribution is -2.26. The highest BCUT2D eigenvalue weighted by Crippen LogP contribution is 2.27. The van der Waals surface area contributed by atoms with Crippen molar-refractivity contribution in [1.29, 1.82) is 0 Å². The van der Waals surface area contributed by atoms with Crippen LogP contribution in [-0.4, -0.2) is 26.1 Å². The van der Waals surface area contributed by atoms with Crippen LogP contribution in [0.1, 0.15) is 26.3 Å². The lowest BCUT2D eigenvalue weighted by atomic mass is 9.97. The van der Waals surface area contributed by atoms with E-state index < -0.39 is 0 Å². The Balaban J connectivity index is 1.58. The highest BCUT2D eigenvalue weighted by atomic mass is 32.1. The van der Waals surface area contributed by atoms with E-state index in [1.807, 2.05) is 42.2 Å². The SMILES string of the molecule is Cn1ccc(Nc2cc(CNCC(C)(C)C)cc(Nc3nc4cccnc4s3)n2)c1. The van der Waals surface area contributed by atoms with Crippen LogP contribution in [0.25, 0.3) is 10.3 Å². The van der Waals surface area contributed by atoms with Crippen LogP contribution in [0.2, 0.25) is 0 Å². The predicted molar refractivity (Wildman–Crippen MR) is 125 cm³/mol. The van der Waals surface area contributed by atoms with Gasteiger partial charge in [-0.2, -0.15) is 0 Å². The zero-order chi connectivity index (χ0) is 21.1. The summed E-state index contributed by atoms with van der Waals surface area (Å²) in [5.74, 6) is 1.54. The molecule has 0 amide bonds. The molecule has 0 fully saturated rings. The Morgan fingerprint density at radius 1 is 1.07 bits per heavy atom. The van der Waals surface area contributed by atoms with Crippen molar-refractivity contribution in [2.24, 2.45) is 12.5 Å². The standard InChI is InChI=1S/C22H27N7S/c1-22(2,3)14-23-12-15-10-18(25-16-7-9-29(4)13-16)27-19(11-15)28-21-26-17-6-5-8-24-20(17)30-21/h5-11,13,23H,12,14H2,1-4H3,(H2,25,26,27,28). The average molecular weight is 422 g/mol. The van der Waals surface area contributed by atoms with E-state index in [0.29, 0.717) is 0 Å². The molecule has 3 N–H and O–H groups in total. The lowest BCUT2D eigenvalue weighted by Gasteiger charge is -2.19. The van der Waals surface area contributed by atoms with Gasteiger partial charge < -0.3 is 20.5 Å². The van der Waals surface area contributed by atoms with Crippen molar-refractivity contribution in [3.05, 3.63) is 54.5 Å². The van der Waals surface area contributed by atoms with Crippen LogP contribution in [-0.2, 0) is 13.6 Å². The zero-order valence-electron chi connectivity index (χ0n) is 17.7. The molecular formula is C22H27N7S. The van der Waals surface area contributed by atoms with Gasteiger partial charge in [0.1, 0.15) is 22.0 Å². The summed E-state index contributed by atoms with van der Waals surface area (Å²) in [4.78, 5) is 14.6. The highest BCUT2D eigenvalue weighted by Gasteiger charge is 2.11. The summed E-state index contributed by atoms with van der Waals surface area (Å²) in [5, 5.41) is 11.1. The second kappa shape index (κ2) is 8.41. The van der Waals surface area contributed by atoms with Gasteiger partial charge in [0.25, 0.3) is 0 Å². The van der Waals surface area contributed by atoms with Gasteiger partial charge in [-0.1, -0.05) is 32.1 Å². The fourth-order valence-corrected chi connectivity index (χ4v) is 3.87. The minimum absolute atomic E-state index is 0.229. The molecule has 4 aromatic rings. The summed E-state index contributed by atoms with van der Waals surface area (Å²) in [6, 6.07) is 10.0. The summed E-state index contributed by atoms with van der Waals surface area (Å²) < 4.78 is 2.00. The third-order valence-corrected chi connectivity index (χ3v) is 5.27. The quantitative estimate of drug-likeness (QED) is 0.388. The van der Waals surface area contributed by atoms with E-state index in [2.05, 4.69) is 58.8 Å². The van der Waals surface area contributed by atoms with Crippen LogP contribution < -0.4 is 16.0 Å². The van der Waals surface area contributed by atoms with Gasteiger partial charge in [0.15, 0.2) is 5.13 Å². The Labute approximate surface area is 180 Å². The average Bonchev–Trinajstić information content (AvgIpc) is 3.25. The molecule has 7 nitrogen and oxygen atoms in total. The van der Waals surface area contributed by atoms with Gasteiger partial charge in [0, 0.05) is 38.7 Å². The molecule has 0 aliphatic heterocycles. The molecule has 4 heterocycles. The number of nitrogens with zero attached hydrogens (tertiary/aromatic N) is 4. The van der Waals surface area contributed by atoms with Gasteiger partial charge in [-0.3, -0.25) is 0 Å². The van der Waals surface area contributed by atoms with Gasteiger partial charge in [0.2, 0.25) is 0 Å². The van der Waals surface area contributed by atoms with Crippen LogP contribution in [0.3, 0.4) is 0 Å². The Kier molecular flexibility index (Phi) is 5.69. The lowest BCUT2D eigenvalue weighted by molar-refractivity contribution is 0.379. The van der Waals surface area contributed by atoms with E-state index in [-0.39, 0.29) is 5.41 Å². The molecule has 0 saturated heterocycles. The van der Waals surface area contributed by atoms with Crippen LogP contribution in [0.4, 0.5) is 22.5 Å². The second-order valence-electron chi connectivity index (χ2n) is 8.57. The monoisotopic (exact) mass is 421 g/mol. The van der Waals surface area contributed by atoms with E-state index in [1.165, 1.54) is 11.3 Å². The third kappa shape index (κ3) is 5.34. The summed E-state index contributed by atoms with van der Waals surface area (Å²) in [7, 11) is 2.00. The summed E-state index contributed by atoms with van der Waals surface area (Å²) >= 11 is 1.52. The fraction of sp³-hybridized carbons (Fsp3) is 0.318. The van der Waals surface area contributed by atoms with Crippen LogP contribution in [0.15, 0.2) is 48.9 Å². The van der Waals surface area contributed by atoms with Gasteiger partial charge in [-0.25, -0.2) is 15.0 Å². The molecule has 4 rings (SSSR count). The maximum atomic E-state index is 4.75. The molecule has 0 bridgehead atoms. The first-order valence-corrected chi connectivity index (χ1v) is 10.7. The number of aryl methyl sites for hydroxylation is 1. The number of fused-ring (bicyclic) bond motifs is 1. The molecule has 0 spiro atoms. The van der Waals surface area contributed by atoms with Gasteiger partial charge in [-0.15, -0.1) is 0 Å². The van der Waals surface area contributed by atoms with Crippen molar-refractivity contribution < 1.29 is 0 Å². The molecule has 156 valence electrons. The molecule has 30 heavy (non-hydrogen) atoms. The smallest absolute Gasteiger partial charge is 0.190 e. The summed E-state index contributed by atoms with van der Waals surface area (Å²) in [5.41, 5.74) is 3.26. The Morgan fingerprint density at radius 2 is 1.87 bits per heavy atom. The van der Waals surface area contributed by atoms with Crippen LogP contribution in [0, 0.1) is 5.41 Å². The van der Waals surface area contributed by atoms with Crippen molar-refractivity contribution in [3.63, 3.8) is 0 Å². The summed E-state index contributed by atoms with van der Waals surface area (Å²) in [6.07, 6.45) is 5.81. The van der Waals surface area contributed by atoms with Gasteiger partial charge >= 0.3 is 0 Å². The molecule has 8 heteroatoms. The van der Waals surface area contributed by atoms with Crippen molar-refractivity contribution in [2.45, 2.75) is 27.3 Å². The number of nitrogens with one attached hydrogen (secondary N) is 3. The van der Waals surface area contributed by atoms with E-state index in [0.717, 1.165) is 51.5 Å². The molecule has 0 unspecified atom stereocenters. The first-order chi connectivity index (χ1) is 14.3. The molecule has 0 radical (unpaired) electrons. The van der Waals surface area contributed by atoms with Crippen LogP contribution in [0.5, 0.6) is 0 Å². The third-order valence-electron chi connectivity index (χ3n) is 4.38. The molecule has 0 aliphatic rings. The molecule has 0 saturated carbocycles. The number of aromatic nitrogens is 4. The second-order valence-corrected chi connectivity index (χ2v) is 9.55. The minimum Gasteiger partial charge on any atom is -0.355 e. The Hall–Kier alpha value is -2.97. The number of rotatable bonds is 7. The van der Waals surface area contributed by atoms with Crippen molar-refractivity contribution in [3.8, 4) is 0 Å². The minimum atomic E-state index is 0.229. The first-order valence-electron chi connectivity index (χ1n) is 9.93. The predicted octanol–water partition coefficient (Wildman–Crippen LogP) is 5.05. The van der Waals surface area contributed by atoms with Crippen LogP contribution >= 0.6 is 11.3 Å². The molecule has 0 aromatic carbocycles. The highest BCUT2D eigenvalue weighted by molar-refractivity contribution is 7.21. The van der Waals surface area contributed by atoms with E-state index in [1.54, 1.807) is 6.20 Å². The van der Waals surface area contributed by atoms with E-state index in [9.17, 15) is 0 Å². The Bertz CT molecular complexity index is 1110.